The second-order valence-electron chi connectivity index (χ2n) is 5.00. The first-order chi connectivity index (χ1) is 12.1. The van der Waals surface area contributed by atoms with Crippen molar-refractivity contribution in [2.45, 2.75) is 0 Å². The fraction of sp³-hybridized carbons (Fsp3) is 0.0556. The molecule has 3 aromatic rings. The Hall–Kier alpha value is -2.63. The molecule has 126 valence electrons. The van der Waals surface area contributed by atoms with Crippen molar-refractivity contribution in [2.75, 3.05) is 7.11 Å². The quantitative estimate of drug-likeness (QED) is 0.620. The average Bonchev–Trinajstić information content (AvgIpc) is 2.62. The zero-order valence-electron chi connectivity index (χ0n) is 13.1. The van der Waals surface area contributed by atoms with Crippen LogP contribution in [0.15, 0.2) is 54.6 Å². The maximum atomic E-state index is 12.1. The highest BCUT2D eigenvalue weighted by atomic mass is 35.5. The van der Waals surface area contributed by atoms with Gasteiger partial charge in [0, 0.05) is 16.7 Å². The summed E-state index contributed by atoms with van der Waals surface area (Å²) < 4.78 is 10.3. The van der Waals surface area contributed by atoms with Gasteiger partial charge >= 0.3 is 5.97 Å². The molecule has 0 saturated carbocycles. The van der Waals surface area contributed by atoms with Crippen molar-refractivity contribution < 1.29 is 14.3 Å². The van der Waals surface area contributed by atoms with E-state index in [4.69, 9.17) is 32.7 Å². The number of rotatable bonds is 4. The molecule has 0 saturated heterocycles. The van der Waals surface area contributed by atoms with Gasteiger partial charge in [0.2, 0.25) is 5.88 Å². The predicted octanol–water partition coefficient (Wildman–Crippen LogP) is 4.68. The van der Waals surface area contributed by atoms with Gasteiger partial charge in [-0.1, -0.05) is 23.2 Å². The third-order valence-corrected chi connectivity index (χ3v) is 3.92. The lowest BCUT2D eigenvalue weighted by atomic mass is 10.1. The summed E-state index contributed by atoms with van der Waals surface area (Å²) in [6.07, 6.45) is 0. The molecule has 0 spiro atoms. The number of esters is 1. The molecule has 0 aliphatic carbocycles. The minimum absolute atomic E-state index is 0.0771. The van der Waals surface area contributed by atoms with Crippen LogP contribution in [0.5, 0.6) is 11.6 Å². The number of methoxy groups -OCH3 is 1. The van der Waals surface area contributed by atoms with Gasteiger partial charge in [-0.25, -0.2) is 4.79 Å². The smallest absolute Gasteiger partial charge is 0.346 e. The Bertz CT molecular complexity index is 897. The van der Waals surface area contributed by atoms with E-state index < -0.39 is 5.97 Å². The van der Waals surface area contributed by atoms with Crippen LogP contribution in [0.3, 0.4) is 0 Å². The maximum absolute atomic E-state index is 12.1. The summed E-state index contributed by atoms with van der Waals surface area (Å²) in [5.74, 6) is 0.198. The molecule has 0 fully saturated rings. The molecule has 0 atom stereocenters. The summed E-state index contributed by atoms with van der Waals surface area (Å²) >= 11 is 11.8. The number of hydrogen-bond acceptors (Lipinski definition) is 5. The molecule has 0 amide bonds. The number of carbonyl (C=O) groups is 1. The zero-order chi connectivity index (χ0) is 17.8. The van der Waals surface area contributed by atoms with Crippen molar-refractivity contribution in [3.8, 4) is 22.9 Å². The maximum Gasteiger partial charge on any atom is 0.346 e. The molecule has 7 heteroatoms. The van der Waals surface area contributed by atoms with Gasteiger partial charge in [-0.05, 0) is 48.5 Å². The molecular formula is C18H12Cl2N2O3. The van der Waals surface area contributed by atoms with Crippen LogP contribution >= 0.6 is 23.2 Å². The molecule has 1 aromatic heterocycles. The molecule has 0 aliphatic rings. The topological polar surface area (TPSA) is 61.3 Å². The van der Waals surface area contributed by atoms with E-state index in [-0.39, 0.29) is 16.5 Å². The van der Waals surface area contributed by atoms with Crippen LogP contribution < -0.4 is 9.47 Å². The fourth-order valence-corrected chi connectivity index (χ4v) is 2.58. The van der Waals surface area contributed by atoms with Crippen molar-refractivity contribution in [2.24, 2.45) is 0 Å². The summed E-state index contributed by atoms with van der Waals surface area (Å²) in [4.78, 5) is 12.1. The van der Waals surface area contributed by atoms with E-state index in [2.05, 4.69) is 10.2 Å². The third kappa shape index (κ3) is 4.07. The first kappa shape index (κ1) is 17.2. The lowest BCUT2D eigenvalue weighted by Gasteiger charge is -2.06. The summed E-state index contributed by atoms with van der Waals surface area (Å²) in [5.41, 5.74) is 1.71. The van der Waals surface area contributed by atoms with E-state index in [1.54, 1.807) is 25.3 Å². The normalized spacial score (nSPS) is 10.4. The standard InChI is InChI=1S/C18H12Cl2N2O3/c1-24-13-5-2-11(3-6-13)16-8-9-17(22-21-16)25-18(23)14-7-4-12(19)10-15(14)20/h2-10H,1H3. The van der Waals surface area contributed by atoms with Gasteiger partial charge in [-0.3, -0.25) is 0 Å². The van der Waals surface area contributed by atoms with Crippen molar-refractivity contribution in [3.05, 3.63) is 70.2 Å². The number of benzene rings is 2. The molecule has 5 nitrogen and oxygen atoms in total. The monoisotopic (exact) mass is 374 g/mol. The Morgan fingerprint density at radius 1 is 0.960 bits per heavy atom. The Morgan fingerprint density at radius 2 is 1.72 bits per heavy atom. The van der Waals surface area contributed by atoms with E-state index >= 15 is 0 Å². The van der Waals surface area contributed by atoms with Gasteiger partial charge in [-0.2, -0.15) is 0 Å². The number of carbonyl (C=O) groups excluding carboxylic acids is 1. The molecular weight excluding hydrogens is 363 g/mol. The lowest BCUT2D eigenvalue weighted by molar-refractivity contribution is 0.0726. The SMILES string of the molecule is COc1ccc(-c2ccc(OC(=O)c3ccc(Cl)cc3Cl)nn2)cc1. The zero-order valence-corrected chi connectivity index (χ0v) is 14.6. The molecule has 0 N–H and O–H groups in total. The third-order valence-electron chi connectivity index (χ3n) is 3.37. The second kappa shape index (κ2) is 7.51. The first-order valence-electron chi connectivity index (χ1n) is 7.22. The summed E-state index contributed by atoms with van der Waals surface area (Å²) in [6.45, 7) is 0. The van der Waals surface area contributed by atoms with E-state index in [9.17, 15) is 4.79 Å². The van der Waals surface area contributed by atoms with Crippen LogP contribution in [-0.4, -0.2) is 23.3 Å². The summed E-state index contributed by atoms with van der Waals surface area (Å²) in [6, 6.07) is 15.2. The van der Waals surface area contributed by atoms with Crippen LogP contribution in [0.4, 0.5) is 0 Å². The van der Waals surface area contributed by atoms with Crippen molar-refractivity contribution >= 4 is 29.2 Å². The number of ether oxygens (including phenoxy) is 2. The van der Waals surface area contributed by atoms with E-state index in [0.29, 0.717) is 10.7 Å². The van der Waals surface area contributed by atoms with Gasteiger partial charge in [0.15, 0.2) is 0 Å². The van der Waals surface area contributed by atoms with E-state index in [1.807, 2.05) is 24.3 Å². The highest BCUT2D eigenvalue weighted by Crippen LogP contribution is 2.23. The van der Waals surface area contributed by atoms with Crippen molar-refractivity contribution in [1.82, 2.24) is 10.2 Å². The van der Waals surface area contributed by atoms with Crippen molar-refractivity contribution in [3.63, 3.8) is 0 Å². The lowest BCUT2D eigenvalue weighted by Crippen LogP contribution is -2.10. The van der Waals surface area contributed by atoms with Crippen LogP contribution in [-0.2, 0) is 0 Å². The first-order valence-corrected chi connectivity index (χ1v) is 7.98. The fourth-order valence-electron chi connectivity index (χ4n) is 2.10. The molecule has 25 heavy (non-hydrogen) atoms. The second-order valence-corrected chi connectivity index (χ2v) is 5.84. The van der Waals surface area contributed by atoms with Crippen molar-refractivity contribution in [1.29, 1.82) is 0 Å². The number of hydrogen-bond donors (Lipinski definition) is 0. The molecule has 3 rings (SSSR count). The minimum atomic E-state index is -0.631. The highest BCUT2D eigenvalue weighted by Gasteiger charge is 2.14. The Labute approximate surface area is 154 Å². The number of aromatic nitrogens is 2. The van der Waals surface area contributed by atoms with E-state index in [0.717, 1.165) is 11.3 Å². The number of halogens is 2. The molecule has 2 aromatic carbocycles. The molecule has 1 heterocycles. The van der Waals surface area contributed by atoms with Gasteiger partial charge < -0.3 is 9.47 Å². The Morgan fingerprint density at radius 3 is 2.32 bits per heavy atom. The predicted molar refractivity (Wildman–Crippen MR) is 95.4 cm³/mol. The summed E-state index contributed by atoms with van der Waals surface area (Å²) in [7, 11) is 1.60. The molecule has 0 bridgehead atoms. The Balaban J connectivity index is 1.74. The van der Waals surface area contributed by atoms with Crippen LogP contribution in [0, 0.1) is 0 Å². The molecule has 0 aliphatic heterocycles. The minimum Gasteiger partial charge on any atom is -0.497 e. The van der Waals surface area contributed by atoms with Gasteiger partial charge in [0.25, 0.3) is 0 Å². The van der Waals surface area contributed by atoms with Gasteiger partial charge in [0.05, 0.1) is 23.4 Å². The van der Waals surface area contributed by atoms with Crippen LogP contribution in [0.2, 0.25) is 10.0 Å². The summed E-state index contributed by atoms with van der Waals surface area (Å²) in [5, 5.41) is 8.63. The molecule has 0 radical (unpaired) electrons. The van der Waals surface area contributed by atoms with E-state index in [1.165, 1.54) is 12.1 Å². The van der Waals surface area contributed by atoms with Crippen LogP contribution in [0.25, 0.3) is 11.3 Å². The largest absolute Gasteiger partial charge is 0.497 e. The van der Waals surface area contributed by atoms with Gasteiger partial charge in [0.1, 0.15) is 5.75 Å². The average molecular weight is 375 g/mol. The Kier molecular flexibility index (Phi) is 5.16. The molecule has 0 unspecified atom stereocenters. The highest BCUT2D eigenvalue weighted by molar-refractivity contribution is 6.36. The van der Waals surface area contributed by atoms with Crippen LogP contribution in [0.1, 0.15) is 10.4 Å². The van der Waals surface area contributed by atoms with Gasteiger partial charge in [-0.15, -0.1) is 10.2 Å². The number of nitrogens with zero attached hydrogens (tertiary/aromatic N) is 2.